The highest BCUT2D eigenvalue weighted by Gasteiger charge is 2.34. The van der Waals surface area contributed by atoms with E-state index in [1.54, 1.807) is 62.4 Å². The summed E-state index contributed by atoms with van der Waals surface area (Å²) < 4.78 is 28.8. The van der Waals surface area contributed by atoms with Gasteiger partial charge in [0.1, 0.15) is 12.6 Å². The number of carbonyl (C=O) groups is 2. The minimum Gasteiger partial charge on any atom is -0.354 e. The summed E-state index contributed by atoms with van der Waals surface area (Å²) in [5.41, 5.74) is 1.42. The third kappa shape index (κ3) is 8.16. The molecule has 41 heavy (non-hydrogen) atoms. The van der Waals surface area contributed by atoms with E-state index in [1.807, 2.05) is 13.8 Å². The van der Waals surface area contributed by atoms with E-state index in [-0.39, 0.29) is 35.4 Å². The molecule has 0 unspecified atom stereocenters. The topological polar surface area (TPSA) is 86.8 Å². The summed E-state index contributed by atoms with van der Waals surface area (Å²) >= 11 is 19.3. The number of amides is 2. The SMILES string of the molecule is CC[C@@H](C(=O)NCC(C)C)N(Cc1c(Cl)cccc1Cl)C(=O)CN(c1ccc(C)c(Cl)c1)S(=O)(=O)c1ccccc1. The third-order valence-electron chi connectivity index (χ3n) is 6.51. The lowest BCUT2D eigenvalue weighted by atomic mass is 10.1. The molecule has 3 aromatic rings. The summed E-state index contributed by atoms with van der Waals surface area (Å²) in [5.74, 6) is -0.770. The molecule has 0 aliphatic heterocycles. The van der Waals surface area contributed by atoms with Crippen LogP contribution in [-0.4, -0.2) is 44.3 Å². The Bertz CT molecular complexity index is 1460. The number of nitrogens with zero attached hydrogens (tertiary/aromatic N) is 2. The lowest BCUT2D eigenvalue weighted by molar-refractivity contribution is -0.140. The molecule has 0 heterocycles. The Hall–Kier alpha value is -2.78. The van der Waals surface area contributed by atoms with Crippen LogP contribution in [0.3, 0.4) is 0 Å². The molecule has 1 N–H and O–H groups in total. The van der Waals surface area contributed by atoms with E-state index in [4.69, 9.17) is 34.8 Å². The van der Waals surface area contributed by atoms with Crippen molar-refractivity contribution in [2.75, 3.05) is 17.4 Å². The van der Waals surface area contributed by atoms with Crippen LogP contribution < -0.4 is 9.62 Å². The van der Waals surface area contributed by atoms with E-state index in [2.05, 4.69) is 5.32 Å². The number of hydrogen-bond acceptors (Lipinski definition) is 4. The highest BCUT2D eigenvalue weighted by molar-refractivity contribution is 7.92. The molecular weight excluding hydrogens is 605 g/mol. The average molecular weight is 639 g/mol. The number of halogens is 3. The second-order valence-corrected chi connectivity index (χ2v) is 13.1. The maximum Gasteiger partial charge on any atom is 0.264 e. The van der Waals surface area contributed by atoms with Crippen LogP contribution >= 0.6 is 34.8 Å². The predicted molar refractivity (Wildman–Crippen MR) is 166 cm³/mol. The summed E-state index contributed by atoms with van der Waals surface area (Å²) in [7, 11) is -4.20. The minimum atomic E-state index is -4.20. The average Bonchev–Trinajstić information content (AvgIpc) is 2.93. The third-order valence-corrected chi connectivity index (χ3v) is 9.42. The molecule has 220 valence electrons. The van der Waals surface area contributed by atoms with Gasteiger partial charge in [-0.3, -0.25) is 13.9 Å². The van der Waals surface area contributed by atoms with Gasteiger partial charge in [-0.15, -0.1) is 0 Å². The number of nitrogens with one attached hydrogen (secondary N) is 1. The van der Waals surface area contributed by atoms with E-state index >= 15 is 0 Å². The molecule has 0 aromatic heterocycles. The Kier molecular flexibility index (Phi) is 11.5. The molecule has 11 heteroatoms. The van der Waals surface area contributed by atoms with Crippen molar-refractivity contribution in [1.29, 1.82) is 0 Å². The number of benzene rings is 3. The summed E-state index contributed by atoms with van der Waals surface area (Å²) in [6.07, 6.45) is 0.277. The molecule has 0 spiro atoms. The zero-order valence-electron chi connectivity index (χ0n) is 23.4. The van der Waals surface area contributed by atoms with Crippen LogP contribution in [0, 0.1) is 12.8 Å². The summed E-state index contributed by atoms with van der Waals surface area (Å²) in [6.45, 7) is 7.24. The fourth-order valence-corrected chi connectivity index (χ4v) is 6.30. The van der Waals surface area contributed by atoms with Gasteiger partial charge in [-0.2, -0.15) is 0 Å². The second kappa shape index (κ2) is 14.4. The first-order chi connectivity index (χ1) is 19.4. The quantitative estimate of drug-likeness (QED) is 0.238. The van der Waals surface area contributed by atoms with Crippen molar-refractivity contribution < 1.29 is 18.0 Å². The van der Waals surface area contributed by atoms with Crippen LogP contribution in [0.2, 0.25) is 15.1 Å². The van der Waals surface area contributed by atoms with Crippen LogP contribution in [0.15, 0.2) is 71.6 Å². The van der Waals surface area contributed by atoms with Gasteiger partial charge in [-0.25, -0.2) is 8.42 Å². The van der Waals surface area contributed by atoms with Gasteiger partial charge in [0.2, 0.25) is 11.8 Å². The molecule has 0 fully saturated rings. The monoisotopic (exact) mass is 637 g/mol. The lowest BCUT2D eigenvalue weighted by Gasteiger charge is -2.33. The molecule has 0 bridgehead atoms. The Morgan fingerprint density at radius 3 is 2.10 bits per heavy atom. The van der Waals surface area contributed by atoms with E-state index in [0.29, 0.717) is 27.2 Å². The summed E-state index contributed by atoms with van der Waals surface area (Å²) in [5, 5.41) is 3.89. The zero-order chi connectivity index (χ0) is 30.3. The first kappa shape index (κ1) is 32.7. The molecule has 1 atom stereocenters. The van der Waals surface area contributed by atoms with E-state index in [0.717, 1.165) is 9.87 Å². The normalized spacial score (nSPS) is 12.2. The van der Waals surface area contributed by atoms with Crippen molar-refractivity contribution in [3.8, 4) is 0 Å². The highest BCUT2D eigenvalue weighted by atomic mass is 35.5. The standard InChI is InChI=1S/C30H34Cl3N3O4S/c1-5-28(30(38)34-17-20(2)3)35(18-24-25(31)12-9-13-26(24)32)29(37)19-36(22-15-14-21(4)27(33)16-22)41(39,40)23-10-7-6-8-11-23/h6-16,20,28H,5,17-19H2,1-4H3,(H,34,38)/t28-/m0/s1. The molecule has 0 saturated heterocycles. The molecule has 0 radical (unpaired) electrons. The molecule has 7 nitrogen and oxygen atoms in total. The van der Waals surface area contributed by atoms with E-state index in [1.165, 1.54) is 23.1 Å². The molecule has 3 rings (SSSR count). The van der Waals surface area contributed by atoms with E-state index in [9.17, 15) is 18.0 Å². The van der Waals surface area contributed by atoms with Crippen LogP contribution in [0.4, 0.5) is 5.69 Å². The number of rotatable bonds is 12. The maximum atomic E-state index is 14.1. The smallest absolute Gasteiger partial charge is 0.264 e. The zero-order valence-corrected chi connectivity index (χ0v) is 26.5. The van der Waals surface area contributed by atoms with Gasteiger partial charge in [0.05, 0.1) is 10.6 Å². The van der Waals surface area contributed by atoms with Gasteiger partial charge < -0.3 is 10.2 Å². The van der Waals surface area contributed by atoms with E-state index < -0.39 is 28.5 Å². The molecule has 0 aliphatic rings. The maximum absolute atomic E-state index is 14.1. The Labute approximate surface area is 257 Å². The number of sulfonamides is 1. The molecule has 3 aromatic carbocycles. The lowest BCUT2D eigenvalue weighted by Crippen LogP contribution is -2.52. The second-order valence-electron chi connectivity index (χ2n) is 10.0. The summed E-state index contributed by atoms with van der Waals surface area (Å²) in [6, 6.07) is 16.7. The van der Waals surface area contributed by atoms with Crippen molar-refractivity contribution in [3.63, 3.8) is 0 Å². The largest absolute Gasteiger partial charge is 0.354 e. The van der Waals surface area contributed by atoms with Gasteiger partial charge in [-0.1, -0.05) is 85.9 Å². The fraction of sp³-hybridized carbons (Fsp3) is 0.333. The Balaban J connectivity index is 2.10. The van der Waals surface area contributed by atoms with Crippen LogP contribution in [0.25, 0.3) is 0 Å². The van der Waals surface area contributed by atoms with Crippen LogP contribution in [0.5, 0.6) is 0 Å². The van der Waals surface area contributed by atoms with Crippen molar-refractivity contribution in [2.45, 2.75) is 51.6 Å². The van der Waals surface area contributed by atoms with Crippen molar-refractivity contribution in [3.05, 3.63) is 92.9 Å². The first-order valence-electron chi connectivity index (χ1n) is 13.2. The van der Waals surface area contributed by atoms with Gasteiger partial charge in [0, 0.05) is 33.7 Å². The van der Waals surface area contributed by atoms with Crippen molar-refractivity contribution in [2.24, 2.45) is 5.92 Å². The molecule has 0 saturated carbocycles. The van der Waals surface area contributed by atoms with Gasteiger partial charge in [0.15, 0.2) is 0 Å². The molecule has 2 amide bonds. The number of aryl methyl sites for hydroxylation is 1. The first-order valence-corrected chi connectivity index (χ1v) is 15.8. The summed E-state index contributed by atoms with van der Waals surface area (Å²) in [4.78, 5) is 28.8. The Morgan fingerprint density at radius 2 is 1.54 bits per heavy atom. The van der Waals surface area contributed by atoms with Crippen molar-refractivity contribution in [1.82, 2.24) is 10.2 Å². The Morgan fingerprint density at radius 1 is 0.902 bits per heavy atom. The van der Waals surface area contributed by atoms with Crippen LogP contribution in [0.1, 0.15) is 38.3 Å². The predicted octanol–water partition coefficient (Wildman–Crippen LogP) is 6.73. The van der Waals surface area contributed by atoms with Crippen LogP contribution in [-0.2, 0) is 26.2 Å². The number of hydrogen-bond donors (Lipinski definition) is 1. The molecular formula is C30H34Cl3N3O4S. The van der Waals surface area contributed by atoms with Gasteiger partial charge in [0.25, 0.3) is 10.0 Å². The van der Waals surface area contributed by atoms with Gasteiger partial charge in [-0.05, 0) is 61.2 Å². The fourth-order valence-electron chi connectivity index (χ4n) is 4.18. The molecule has 0 aliphatic carbocycles. The number of carbonyl (C=O) groups excluding carboxylic acids is 2. The number of anilines is 1. The minimum absolute atomic E-state index is 0.00640. The van der Waals surface area contributed by atoms with Crippen molar-refractivity contribution >= 4 is 62.3 Å². The highest BCUT2D eigenvalue weighted by Crippen LogP contribution is 2.30. The van der Waals surface area contributed by atoms with Gasteiger partial charge >= 0.3 is 0 Å².